The molecule has 4 nitrogen and oxygen atoms in total. The fourth-order valence-corrected chi connectivity index (χ4v) is 2.05. The number of carboxylic acid groups (broad SMARTS) is 1. The van der Waals surface area contributed by atoms with Gasteiger partial charge in [-0.15, -0.1) is 0 Å². The molecule has 90 valence electrons. The van der Waals surface area contributed by atoms with Crippen molar-refractivity contribution in [1.29, 1.82) is 0 Å². The minimum atomic E-state index is -0.891. The number of rotatable bonds is 3. The minimum absolute atomic E-state index is 0.131. The second kappa shape index (κ2) is 5.68. The quantitative estimate of drug-likeness (QED) is 0.745. The third kappa shape index (κ3) is 2.84. The van der Waals surface area contributed by atoms with E-state index in [1.54, 1.807) is 6.92 Å². The van der Waals surface area contributed by atoms with Crippen molar-refractivity contribution in [2.24, 2.45) is 0 Å². The monoisotopic (exact) mass is 225 g/mol. The molecule has 1 saturated heterocycles. The summed E-state index contributed by atoms with van der Waals surface area (Å²) in [5.74, 6) is -1.02. The van der Waals surface area contributed by atoms with E-state index in [2.05, 4.69) is 0 Å². The molecule has 0 unspecified atom stereocenters. The van der Waals surface area contributed by atoms with Gasteiger partial charge in [0.05, 0.1) is 0 Å². The Kier molecular flexibility index (Phi) is 4.52. The summed E-state index contributed by atoms with van der Waals surface area (Å²) in [4.78, 5) is 24.5. The predicted octanol–water partition coefficient (Wildman–Crippen LogP) is 1.81. The maximum absolute atomic E-state index is 12.0. The molecule has 0 aromatic carbocycles. The van der Waals surface area contributed by atoms with Gasteiger partial charge in [0.2, 0.25) is 5.91 Å². The summed E-state index contributed by atoms with van der Waals surface area (Å²) < 4.78 is 0. The summed E-state index contributed by atoms with van der Waals surface area (Å²) in [7, 11) is 0. The predicted molar refractivity (Wildman–Crippen MR) is 61.0 cm³/mol. The molecule has 0 bridgehead atoms. The molecule has 1 aliphatic rings. The number of carbonyl (C=O) groups excluding carboxylic acids is 1. The van der Waals surface area contributed by atoms with Gasteiger partial charge in [-0.25, -0.2) is 4.79 Å². The molecule has 1 amide bonds. The van der Waals surface area contributed by atoms with Gasteiger partial charge in [-0.3, -0.25) is 4.79 Å². The first kappa shape index (κ1) is 12.7. The molecular formula is C12H19NO3. The first-order chi connectivity index (χ1) is 7.57. The molecule has 1 fully saturated rings. The van der Waals surface area contributed by atoms with Crippen molar-refractivity contribution in [1.82, 2.24) is 4.90 Å². The highest BCUT2D eigenvalue weighted by atomic mass is 16.4. The Morgan fingerprint density at radius 1 is 1.44 bits per heavy atom. The number of allylic oxidation sites excluding steroid dienone is 1. The lowest BCUT2D eigenvalue weighted by Gasteiger charge is -2.33. The fourth-order valence-electron chi connectivity index (χ4n) is 2.05. The van der Waals surface area contributed by atoms with Gasteiger partial charge in [-0.2, -0.15) is 0 Å². The van der Waals surface area contributed by atoms with Crippen molar-refractivity contribution < 1.29 is 14.7 Å². The number of nitrogens with zero attached hydrogens (tertiary/aromatic N) is 1. The number of carbonyl (C=O) groups is 2. The topological polar surface area (TPSA) is 57.6 Å². The van der Waals surface area contributed by atoms with E-state index in [0.717, 1.165) is 19.3 Å². The van der Waals surface area contributed by atoms with Crippen LogP contribution in [-0.4, -0.2) is 34.5 Å². The van der Waals surface area contributed by atoms with E-state index in [0.29, 0.717) is 18.5 Å². The number of likely N-dealkylation sites (tertiary alicyclic amines) is 1. The molecule has 1 rings (SSSR count). The third-order valence-electron chi connectivity index (χ3n) is 2.90. The van der Waals surface area contributed by atoms with Crippen LogP contribution in [0.25, 0.3) is 0 Å². The third-order valence-corrected chi connectivity index (χ3v) is 2.90. The largest absolute Gasteiger partial charge is 0.480 e. The van der Waals surface area contributed by atoms with E-state index < -0.39 is 12.0 Å². The average molecular weight is 225 g/mol. The lowest BCUT2D eigenvalue weighted by atomic mass is 10.0. The number of hydrogen-bond donors (Lipinski definition) is 1. The normalized spacial score (nSPS) is 22.0. The Balaban J connectivity index is 2.79. The highest BCUT2D eigenvalue weighted by Crippen LogP contribution is 2.19. The van der Waals surface area contributed by atoms with Crippen molar-refractivity contribution >= 4 is 11.9 Å². The van der Waals surface area contributed by atoms with E-state index in [4.69, 9.17) is 5.11 Å². The Labute approximate surface area is 95.9 Å². The van der Waals surface area contributed by atoms with E-state index in [9.17, 15) is 9.59 Å². The molecule has 0 spiro atoms. The minimum Gasteiger partial charge on any atom is -0.480 e. The first-order valence-electron chi connectivity index (χ1n) is 5.78. The van der Waals surface area contributed by atoms with Crippen molar-refractivity contribution in [3.63, 3.8) is 0 Å². The van der Waals surface area contributed by atoms with Crippen LogP contribution in [0.1, 0.15) is 39.5 Å². The van der Waals surface area contributed by atoms with Gasteiger partial charge in [0.1, 0.15) is 6.04 Å². The number of carboxylic acids is 1. The zero-order chi connectivity index (χ0) is 12.1. The number of aliphatic carboxylic acids is 1. The van der Waals surface area contributed by atoms with Crippen LogP contribution in [0.4, 0.5) is 0 Å². The molecule has 0 aliphatic carbocycles. The Bertz CT molecular complexity index is 309. The number of piperidine rings is 1. The summed E-state index contributed by atoms with van der Waals surface area (Å²) in [6, 6.07) is -0.638. The van der Waals surface area contributed by atoms with Crippen LogP contribution in [0.2, 0.25) is 0 Å². The van der Waals surface area contributed by atoms with Gasteiger partial charge in [-0.05, 0) is 32.6 Å². The maximum Gasteiger partial charge on any atom is 0.326 e. The second-order valence-electron chi connectivity index (χ2n) is 4.14. The van der Waals surface area contributed by atoms with Gasteiger partial charge < -0.3 is 10.0 Å². The molecule has 0 saturated carbocycles. The summed E-state index contributed by atoms with van der Waals surface area (Å²) in [5.41, 5.74) is 0.649. The van der Waals surface area contributed by atoms with Crippen LogP contribution in [-0.2, 0) is 9.59 Å². The van der Waals surface area contributed by atoms with E-state index >= 15 is 0 Å². The molecule has 1 atom stereocenters. The highest BCUT2D eigenvalue weighted by Gasteiger charge is 2.32. The van der Waals surface area contributed by atoms with Crippen molar-refractivity contribution in [3.8, 4) is 0 Å². The Hall–Kier alpha value is -1.32. The van der Waals surface area contributed by atoms with E-state index in [-0.39, 0.29) is 5.91 Å². The molecule has 0 aromatic heterocycles. The second-order valence-corrected chi connectivity index (χ2v) is 4.14. The number of hydrogen-bond acceptors (Lipinski definition) is 2. The zero-order valence-corrected chi connectivity index (χ0v) is 9.90. The van der Waals surface area contributed by atoms with Crippen LogP contribution in [0.5, 0.6) is 0 Å². The van der Waals surface area contributed by atoms with Crippen LogP contribution in [0.15, 0.2) is 11.6 Å². The Morgan fingerprint density at radius 2 is 2.12 bits per heavy atom. The SMILES string of the molecule is CC/C=C(/C)C(=O)N1CCCC[C@@H]1C(=O)O. The molecule has 1 aliphatic heterocycles. The zero-order valence-electron chi connectivity index (χ0n) is 9.90. The van der Waals surface area contributed by atoms with Crippen LogP contribution in [0.3, 0.4) is 0 Å². The fraction of sp³-hybridized carbons (Fsp3) is 0.667. The summed E-state index contributed by atoms with van der Waals surface area (Å²) >= 11 is 0. The average Bonchev–Trinajstić information content (AvgIpc) is 2.28. The lowest BCUT2D eigenvalue weighted by molar-refractivity contribution is -0.150. The molecule has 1 N–H and O–H groups in total. The molecule has 4 heteroatoms. The van der Waals surface area contributed by atoms with Crippen molar-refractivity contribution in [3.05, 3.63) is 11.6 Å². The summed E-state index contributed by atoms with van der Waals surface area (Å²) in [6.07, 6.45) is 4.99. The van der Waals surface area contributed by atoms with Crippen molar-refractivity contribution in [2.75, 3.05) is 6.54 Å². The highest BCUT2D eigenvalue weighted by molar-refractivity contribution is 5.95. The molecule has 1 heterocycles. The van der Waals surface area contributed by atoms with Gasteiger partial charge >= 0.3 is 5.97 Å². The summed E-state index contributed by atoms with van der Waals surface area (Å²) in [5, 5.41) is 9.06. The van der Waals surface area contributed by atoms with E-state index in [1.165, 1.54) is 4.90 Å². The number of amides is 1. The summed E-state index contributed by atoms with van der Waals surface area (Å²) in [6.45, 7) is 4.27. The van der Waals surface area contributed by atoms with Gasteiger partial charge in [0.25, 0.3) is 0 Å². The lowest BCUT2D eigenvalue weighted by Crippen LogP contribution is -2.48. The maximum atomic E-state index is 12.0. The van der Waals surface area contributed by atoms with Gasteiger partial charge in [0.15, 0.2) is 0 Å². The molecule has 16 heavy (non-hydrogen) atoms. The Morgan fingerprint density at radius 3 is 2.69 bits per heavy atom. The van der Waals surface area contributed by atoms with Gasteiger partial charge in [0, 0.05) is 12.1 Å². The smallest absolute Gasteiger partial charge is 0.326 e. The molecule has 0 aromatic rings. The molecule has 0 radical (unpaired) electrons. The van der Waals surface area contributed by atoms with Crippen LogP contribution < -0.4 is 0 Å². The van der Waals surface area contributed by atoms with Crippen molar-refractivity contribution in [2.45, 2.75) is 45.6 Å². The van der Waals surface area contributed by atoms with Crippen LogP contribution >= 0.6 is 0 Å². The van der Waals surface area contributed by atoms with E-state index in [1.807, 2.05) is 13.0 Å². The van der Waals surface area contributed by atoms with Crippen LogP contribution in [0, 0.1) is 0 Å². The standard InChI is InChI=1S/C12H19NO3/c1-3-6-9(2)11(14)13-8-5-4-7-10(13)12(15)16/h6,10H,3-5,7-8H2,1-2H3,(H,15,16)/b9-6-/t10-/m1/s1. The van der Waals surface area contributed by atoms with Gasteiger partial charge in [-0.1, -0.05) is 13.0 Å². The molecular weight excluding hydrogens is 206 g/mol. The first-order valence-corrected chi connectivity index (χ1v) is 5.78.